The molecule has 5 rings (SSSR count). The molecule has 2 aromatic carbocycles. The highest BCUT2D eigenvalue weighted by Gasteiger charge is 2.19. The third-order valence-corrected chi connectivity index (χ3v) is 6.74. The Labute approximate surface area is 193 Å². The first-order valence-corrected chi connectivity index (χ1v) is 11.3. The van der Waals surface area contributed by atoms with Crippen LogP contribution in [-0.2, 0) is 37.3 Å². The van der Waals surface area contributed by atoms with Crippen molar-refractivity contribution in [3.05, 3.63) is 68.9 Å². The standard InChI is InChI=1S/C25H27ClN4O2/c1-15-9-17(10-18-12-30(2)7-5-19(15)18)23-11-28-24(27)25(29-23)32-14-21-20-6-8-31-13-16(20)3-4-22(21)26/h3-4,9-11H,5-8,12-14H2,1-2H3,(H2,27,28). The summed E-state index contributed by atoms with van der Waals surface area (Å²) in [5.41, 5.74) is 15.3. The SMILES string of the molecule is Cc1cc(-c2cnc(N)c(OCc3c(Cl)ccc4c3CCOC4)n2)cc2c1CCN(C)C2. The van der Waals surface area contributed by atoms with Crippen LogP contribution in [0.25, 0.3) is 11.3 Å². The van der Waals surface area contributed by atoms with Crippen LogP contribution in [-0.4, -0.2) is 35.1 Å². The van der Waals surface area contributed by atoms with E-state index in [1.165, 1.54) is 22.3 Å². The highest BCUT2D eigenvalue weighted by Crippen LogP contribution is 2.32. The summed E-state index contributed by atoms with van der Waals surface area (Å²) in [4.78, 5) is 11.4. The van der Waals surface area contributed by atoms with E-state index in [-0.39, 0.29) is 5.82 Å². The zero-order valence-electron chi connectivity index (χ0n) is 18.4. The Bertz CT molecular complexity index is 1180. The Morgan fingerprint density at radius 2 is 2.06 bits per heavy atom. The number of aromatic nitrogens is 2. The van der Waals surface area contributed by atoms with Crippen LogP contribution in [0.2, 0.25) is 5.02 Å². The van der Waals surface area contributed by atoms with Gasteiger partial charge in [0.1, 0.15) is 6.61 Å². The Balaban J connectivity index is 1.44. The smallest absolute Gasteiger partial charge is 0.258 e. The van der Waals surface area contributed by atoms with Crippen molar-refractivity contribution in [1.29, 1.82) is 0 Å². The highest BCUT2D eigenvalue weighted by molar-refractivity contribution is 6.31. The molecular formula is C25H27ClN4O2. The maximum atomic E-state index is 6.50. The maximum absolute atomic E-state index is 6.50. The van der Waals surface area contributed by atoms with E-state index < -0.39 is 0 Å². The minimum Gasteiger partial charge on any atom is -0.470 e. The van der Waals surface area contributed by atoms with Crippen LogP contribution in [0.15, 0.2) is 30.5 Å². The van der Waals surface area contributed by atoms with E-state index in [9.17, 15) is 0 Å². The summed E-state index contributed by atoms with van der Waals surface area (Å²) >= 11 is 6.50. The first-order chi connectivity index (χ1) is 15.5. The highest BCUT2D eigenvalue weighted by atomic mass is 35.5. The molecule has 6 nitrogen and oxygen atoms in total. The molecule has 1 aromatic heterocycles. The molecule has 166 valence electrons. The zero-order valence-corrected chi connectivity index (χ0v) is 19.2. The van der Waals surface area contributed by atoms with Crippen LogP contribution in [0.1, 0.15) is 33.4 Å². The van der Waals surface area contributed by atoms with Crippen LogP contribution in [0.4, 0.5) is 5.82 Å². The number of rotatable bonds is 4. The number of hydrogen-bond acceptors (Lipinski definition) is 6. The summed E-state index contributed by atoms with van der Waals surface area (Å²) in [6, 6.07) is 8.31. The van der Waals surface area contributed by atoms with Gasteiger partial charge in [0.2, 0.25) is 0 Å². The van der Waals surface area contributed by atoms with Gasteiger partial charge in [0, 0.05) is 29.2 Å². The van der Waals surface area contributed by atoms with Crippen LogP contribution in [0.3, 0.4) is 0 Å². The molecule has 2 aliphatic rings. The quantitative estimate of drug-likeness (QED) is 0.637. The summed E-state index contributed by atoms with van der Waals surface area (Å²) in [7, 11) is 2.15. The van der Waals surface area contributed by atoms with Gasteiger partial charge in [0.25, 0.3) is 5.88 Å². The number of anilines is 1. The van der Waals surface area contributed by atoms with E-state index in [0.717, 1.165) is 48.3 Å². The fourth-order valence-electron chi connectivity index (χ4n) is 4.65. The molecule has 0 bridgehead atoms. The van der Waals surface area contributed by atoms with Gasteiger partial charge in [-0.3, -0.25) is 0 Å². The van der Waals surface area contributed by atoms with Gasteiger partial charge in [0.05, 0.1) is 25.1 Å². The van der Waals surface area contributed by atoms with Crippen molar-refractivity contribution in [3.63, 3.8) is 0 Å². The number of nitrogens with two attached hydrogens (primary N) is 1. The number of nitrogen functional groups attached to an aromatic ring is 1. The molecule has 3 heterocycles. The Morgan fingerprint density at radius 3 is 2.94 bits per heavy atom. The van der Waals surface area contributed by atoms with Crippen LogP contribution < -0.4 is 10.5 Å². The average Bonchev–Trinajstić information content (AvgIpc) is 2.79. The van der Waals surface area contributed by atoms with Gasteiger partial charge in [-0.2, -0.15) is 0 Å². The van der Waals surface area contributed by atoms with E-state index in [0.29, 0.717) is 30.7 Å². The first-order valence-electron chi connectivity index (χ1n) is 10.9. The van der Waals surface area contributed by atoms with Crippen LogP contribution >= 0.6 is 11.6 Å². The summed E-state index contributed by atoms with van der Waals surface area (Å²) in [5.74, 6) is 0.600. The van der Waals surface area contributed by atoms with E-state index in [4.69, 9.17) is 31.8 Å². The Hall–Kier alpha value is -2.67. The lowest BCUT2D eigenvalue weighted by molar-refractivity contribution is 0.110. The third-order valence-electron chi connectivity index (χ3n) is 6.39. The van der Waals surface area contributed by atoms with E-state index >= 15 is 0 Å². The van der Waals surface area contributed by atoms with Gasteiger partial charge < -0.3 is 20.1 Å². The number of halogens is 1. The summed E-state index contributed by atoms with van der Waals surface area (Å²) < 4.78 is 11.6. The molecule has 0 saturated carbocycles. The van der Waals surface area contributed by atoms with Crippen molar-refractivity contribution >= 4 is 17.4 Å². The second-order valence-electron chi connectivity index (χ2n) is 8.62. The fourth-order valence-corrected chi connectivity index (χ4v) is 4.88. The molecule has 0 atom stereocenters. The van der Waals surface area contributed by atoms with Gasteiger partial charge in [-0.15, -0.1) is 0 Å². The summed E-state index contributed by atoms with van der Waals surface area (Å²) in [5, 5.41) is 0.683. The normalized spacial score (nSPS) is 15.8. The van der Waals surface area contributed by atoms with Crippen molar-refractivity contribution in [2.45, 2.75) is 39.5 Å². The Kier molecular flexibility index (Phi) is 5.76. The molecule has 0 amide bonds. The monoisotopic (exact) mass is 450 g/mol. The van der Waals surface area contributed by atoms with Gasteiger partial charge in [0.15, 0.2) is 5.82 Å². The second kappa shape index (κ2) is 8.70. The van der Waals surface area contributed by atoms with Crippen molar-refractivity contribution in [3.8, 4) is 17.1 Å². The number of ether oxygens (including phenoxy) is 2. The van der Waals surface area contributed by atoms with Crippen molar-refractivity contribution in [2.75, 3.05) is 25.9 Å². The molecule has 0 fully saturated rings. The number of aryl methyl sites for hydroxylation is 1. The molecule has 0 spiro atoms. The van der Waals surface area contributed by atoms with E-state index in [2.05, 4.69) is 36.0 Å². The number of hydrogen-bond donors (Lipinski definition) is 1. The third kappa shape index (κ3) is 4.06. The largest absolute Gasteiger partial charge is 0.470 e. The predicted octanol–water partition coefficient (Wildman–Crippen LogP) is 4.33. The van der Waals surface area contributed by atoms with Gasteiger partial charge in [-0.25, -0.2) is 9.97 Å². The van der Waals surface area contributed by atoms with Crippen LogP contribution in [0, 0.1) is 6.92 Å². The average molecular weight is 451 g/mol. The number of nitrogens with zero attached hydrogens (tertiary/aromatic N) is 3. The maximum Gasteiger partial charge on any atom is 0.258 e. The molecule has 2 N–H and O–H groups in total. The topological polar surface area (TPSA) is 73.5 Å². The molecule has 7 heteroatoms. The zero-order chi connectivity index (χ0) is 22.2. The van der Waals surface area contributed by atoms with Gasteiger partial charge in [-0.1, -0.05) is 17.7 Å². The summed E-state index contributed by atoms with van der Waals surface area (Å²) in [6.07, 6.45) is 3.61. The summed E-state index contributed by atoms with van der Waals surface area (Å²) in [6.45, 7) is 5.77. The van der Waals surface area contributed by atoms with Gasteiger partial charge in [-0.05, 0) is 72.8 Å². The van der Waals surface area contributed by atoms with Crippen molar-refractivity contribution in [1.82, 2.24) is 14.9 Å². The second-order valence-corrected chi connectivity index (χ2v) is 9.03. The van der Waals surface area contributed by atoms with Gasteiger partial charge >= 0.3 is 0 Å². The van der Waals surface area contributed by atoms with Crippen molar-refractivity contribution in [2.24, 2.45) is 0 Å². The molecule has 3 aromatic rings. The van der Waals surface area contributed by atoms with Crippen LogP contribution in [0.5, 0.6) is 5.88 Å². The molecule has 0 aliphatic carbocycles. The molecule has 0 unspecified atom stereocenters. The molecule has 0 radical (unpaired) electrons. The minimum absolute atomic E-state index is 0.271. The lowest BCUT2D eigenvalue weighted by Gasteiger charge is -2.27. The van der Waals surface area contributed by atoms with E-state index in [1.54, 1.807) is 6.20 Å². The molecular weight excluding hydrogens is 424 g/mol. The minimum atomic E-state index is 0.271. The molecule has 2 aliphatic heterocycles. The lowest BCUT2D eigenvalue weighted by atomic mass is 9.92. The Morgan fingerprint density at radius 1 is 1.19 bits per heavy atom. The predicted molar refractivity (Wildman–Crippen MR) is 126 cm³/mol. The number of fused-ring (bicyclic) bond motifs is 2. The lowest BCUT2D eigenvalue weighted by Crippen LogP contribution is -2.27. The molecule has 32 heavy (non-hydrogen) atoms. The number of likely N-dealkylation sites (N-methyl/N-ethyl adjacent to an activating group) is 1. The number of benzene rings is 2. The fraction of sp³-hybridized carbons (Fsp3) is 0.360. The van der Waals surface area contributed by atoms with Crippen molar-refractivity contribution < 1.29 is 9.47 Å². The van der Waals surface area contributed by atoms with E-state index in [1.807, 2.05) is 12.1 Å². The first kappa shape index (κ1) is 21.2. The molecule has 0 saturated heterocycles.